The Morgan fingerprint density at radius 2 is 2.21 bits per heavy atom. The fourth-order valence-corrected chi connectivity index (χ4v) is 2.33. The summed E-state index contributed by atoms with van der Waals surface area (Å²) in [6, 6.07) is 8.71. The number of aryl methyl sites for hydroxylation is 1. The molecule has 76 valence electrons. The number of rotatable bonds is 2. The third kappa shape index (κ3) is 1.68. The van der Waals surface area contributed by atoms with Gasteiger partial charge in [-0.05, 0) is 31.0 Å². The Labute approximate surface area is 85.0 Å². The van der Waals surface area contributed by atoms with Crippen molar-refractivity contribution in [3.8, 4) is 0 Å². The van der Waals surface area contributed by atoms with Crippen LogP contribution in [0.1, 0.15) is 23.5 Å². The van der Waals surface area contributed by atoms with Crippen molar-refractivity contribution in [2.45, 2.75) is 25.3 Å². The average Bonchev–Trinajstić information content (AvgIpc) is 2.66. The van der Waals surface area contributed by atoms with Gasteiger partial charge in [-0.15, -0.1) is 0 Å². The summed E-state index contributed by atoms with van der Waals surface area (Å²) in [6.45, 7) is 3.39. The van der Waals surface area contributed by atoms with E-state index in [9.17, 15) is 5.11 Å². The molecular weight excluding hydrogens is 174 g/mol. The monoisotopic (exact) mass is 191 g/mol. The van der Waals surface area contributed by atoms with Crippen molar-refractivity contribution in [1.29, 1.82) is 0 Å². The van der Waals surface area contributed by atoms with Crippen LogP contribution in [-0.4, -0.2) is 24.3 Å². The van der Waals surface area contributed by atoms with Crippen molar-refractivity contribution in [2.24, 2.45) is 0 Å². The molecule has 0 unspecified atom stereocenters. The van der Waals surface area contributed by atoms with E-state index in [1.165, 1.54) is 11.1 Å². The predicted molar refractivity (Wildman–Crippen MR) is 57.4 cm³/mol. The summed E-state index contributed by atoms with van der Waals surface area (Å²) in [7, 11) is 0. The molecule has 1 aromatic rings. The topological polar surface area (TPSA) is 32.3 Å². The number of hydrogen-bond donors (Lipinski definition) is 2. The van der Waals surface area contributed by atoms with Gasteiger partial charge in [0.25, 0.3) is 0 Å². The molecular formula is C12H17NO. The van der Waals surface area contributed by atoms with Gasteiger partial charge in [0.2, 0.25) is 0 Å². The van der Waals surface area contributed by atoms with E-state index in [0.717, 1.165) is 13.0 Å². The van der Waals surface area contributed by atoms with Crippen LogP contribution in [0.4, 0.5) is 0 Å². The molecule has 2 N–H and O–H groups in total. The summed E-state index contributed by atoms with van der Waals surface area (Å²) in [5.74, 6) is 0.487. The molecule has 1 fully saturated rings. The average molecular weight is 191 g/mol. The van der Waals surface area contributed by atoms with Gasteiger partial charge in [0.15, 0.2) is 0 Å². The normalized spacial score (nSPS) is 26.7. The molecule has 0 spiro atoms. The summed E-state index contributed by atoms with van der Waals surface area (Å²) < 4.78 is 0. The molecule has 0 bridgehead atoms. The predicted octanol–water partition coefficient (Wildman–Crippen LogP) is 1.43. The van der Waals surface area contributed by atoms with E-state index in [1.54, 1.807) is 0 Å². The lowest BCUT2D eigenvalue weighted by Gasteiger charge is -2.19. The minimum absolute atomic E-state index is 0.235. The number of hydrogen-bond acceptors (Lipinski definition) is 2. The van der Waals surface area contributed by atoms with Gasteiger partial charge in [-0.3, -0.25) is 0 Å². The summed E-state index contributed by atoms with van der Waals surface area (Å²) >= 11 is 0. The standard InChI is InChI=1S/C12H17NO/c1-9-4-2-3-5-10(9)11-6-7-13-12(11)8-14/h2-5,11-14H,6-8H2,1H3/t11-,12-/m0/s1. The second-order valence-electron chi connectivity index (χ2n) is 3.99. The zero-order valence-corrected chi connectivity index (χ0v) is 8.53. The van der Waals surface area contributed by atoms with Crippen LogP contribution < -0.4 is 5.32 Å². The van der Waals surface area contributed by atoms with Crippen LogP contribution in [0.15, 0.2) is 24.3 Å². The van der Waals surface area contributed by atoms with E-state index in [1.807, 2.05) is 0 Å². The van der Waals surface area contributed by atoms with Gasteiger partial charge in [-0.25, -0.2) is 0 Å². The van der Waals surface area contributed by atoms with E-state index in [-0.39, 0.29) is 12.6 Å². The second kappa shape index (κ2) is 4.11. The van der Waals surface area contributed by atoms with E-state index in [0.29, 0.717) is 5.92 Å². The summed E-state index contributed by atoms with van der Waals surface area (Å²) in [5.41, 5.74) is 2.72. The van der Waals surface area contributed by atoms with Gasteiger partial charge in [-0.1, -0.05) is 24.3 Å². The molecule has 14 heavy (non-hydrogen) atoms. The molecule has 0 aromatic heterocycles. The number of nitrogens with one attached hydrogen (secondary N) is 1. The fourth-order valence-electron chi connectivity index (χ4n) is 2.33. The van der Waals surface area contributed by atoms with Crippen molar-refractivity contribution in [3.63, 3.8) is 0 Å². The Morgan fingerprint density at radius 3 is 2.93 bits per heavy atom. The van der Waals surface area contributed by atoms with Gasteiger partial charge in [0.05, 0.1) is 6.61 Å². The zero-order chi connectivity index (χ0) is 9.97. The number of aliphatic hydroxyl groups is 1. The van der Waals surface area contributed by atoms with Crippen LogP contribution in [0, 0.1) is 6.92 Å². The smallest absolute Gasteiger partial charge is 0.0590 e. The van der Waals surface area contributed by atoms with Crippen molar-refractivity contribution in [1.82, 2.24) is 5.32 Å². The quantitative estimate of drug-likeness (QED) is 0.741. The van der Waals surface area contributed by atoms with E-state index in [2.05, 4.69) is 36.5 Å². The van der Waals surface area contributed by atoms with Crippen LogP contribution in [0.2, 0.25) is 0 Å². The lowest BCUT2D eigenvalue weighted by Crippen LogP contribution is -2.29. The molecule has 2 nitrogen and oxygen atoms in total. The first-order valence-corrected chi connectivity index (χ1v) is 5.22. The molecule has 1 aliphatic heterocycles. The molecule has 0 aliphatic carbocycles. The maximum absolute atomic E-state index is 9.23. The summed E-state index contributed by atoms with van der Waals surface area (Å²) in [5, 5.41) is 12.6. The minimum Gasteiger partial charge on any atom is -0.395 e. The fraction of sp³-hybridized carbons (Fsp3) is 0.500. The highest BCUT2D eigenvalue weighted by Gasteiger charge is 2.27. The zero-order valence-electron chi connectivity index (χ0n) is 8.53. The molecule has 0 saturated carbocycles. The van der Waals surface area contributed by atoms with Gasteiger partial charge < -0.3 is 10.4 Å². The Balaban J connectivity index is 2.26. The molecule has 2 atom stereocenters. The maximum atomic E-state index is 9.23. The van der Waals surface area contributed by atoms with Gasteiger partial charge in [0, 0.05) is 12.0 Å². The molecule has 1 heterocycles. The van der Waals surface area contributed by atoms with Crippen LogP contribution in [0.25, 0.3) is 0 Å². The third-order valence-electron chi connectivity index (χ3n) is 3.13. The molecule has 0 radical (unpaired) electrons. The number of aliphatic hydroxyl groups excluding tert-OH is 1. The van der Waals surface area contributed by atoms with Gasteiger partial charge in [-0.2, -0.15) is 0 Å². The lowest BCUT2D eigenvalue weighted by molar-refractivity contribution is 0.245. The minimum atomic E-state index is 0.235. The second-order valence-corrected chi connectivity index (χ2v) is 3.99. The van der Waals surface area contributed by atoms with Crippen LogP contribution >= 0.6 is 0 Å². The third-order valence-corrected chi connectivity index (χ3v) is 3.13. The van der Waals surface area contributed by atoms with Crippen LogP contribution in [0.5, 0.6) is 0 Å². The largest absolute Gasteiger partial charge is 0.395 e. The Morgan fingerprint density at radius 1 is 1.43 bits per heavy atom. The van der Waals surface area contributed by atoms with Crippen molar-refractivity contribution >= 4 is 0 Å². The van der Waals surface area contributed by atoms with Crippen molar-refractivity contribution in [2.75, 3.05) is 13.2 Å². The highest BCUT2D eigenvalue weighted by Crippen LogP contribution is 2.29. The molecule has 1 aliphatic rings. The maximum Gasteiger partial charge on any atom is 0.0590 e. The Kier molecular flexibility index (Phi) is 2.85. The van der Waals surface area contributed by atoms with Gasteiger partial charge in [0.1, 0.15) is 0 Å². The molecule has 2 rings (SSSR count). The summed E-state index contributed by atoms with van der Waals surface area (Å²) in [6.07, 6.45) is 1.14. The number of benzene rings is 1. The molecule has 0 amide bonds. The Bertz CT molecular complexity index is 311. The first kappa shape index (κ1) is 9.69. The van der Waals surface area contributed by atoms with Crippen LogP contribution in [-0.2, 0) is 0 Å². The van der Waals surface area contributed by atoms with E-state index in [4.69, 9.17) is 0 Å². The van der Waals surface area contributed by atoms with E-state index >= 15 is 0 Å². The first-order chi connectivity index (χ1) is 6.83. The molecule has 2 heteroatoms. The lowest BCUT2D eigenvalue weighted by atomic mass is 9.89. The summed E-state index contributed by atoms with van der Waals surface area (Å²) in [4.78, 5) is 0. The van der Waals surface area contributed by atoms with Gasteiger partial charge >= 0.3 is 0 Å². The highest BCUT2D eigenvalue weighted by molar-refractivity contribution is 5.31. The van der Waals surface area contributed by atoms with Crippen molar-refractivity contribution < 1.29 is 5.11 Å². The first-order valence-electron chi connectivity index (χ1n) is 5.22. The highest BCUT2D eigenvalue weighted by atomic mass is 16.3. The SMILES string of the molecule is Cc1ccccc1[C@@H]1CCN[C@H]1CO. The van der Waals surface area contributed by atoms with Crippen LogP contribution in [0.3, 0.4) is 0 Å². The van der Waals surface area contributed by atoms with E-state index < -0.39 is 0 Å². The molecule has 1 aromatic carbocycles. The van der Waals surface area contributed by atoms with Crippen molar-refractivity contribution in [3.05, 3.63) is 35.4 Å². The molecule has 1 saturated heterocycles. The Hall–Kier alpha value is -0.860.